The number of nitrogens with zero attached hydrogens (tertiary/aromatic N) is 1. The van der Waals surface area contributed by atoms with E-state index in [4.69, 9.17) is 11.6 Å². The number of fused-ring (bicyclic) bond motifs is 3. The molecule has 0 fully saturated rings. The molecule has 150 valence electrons. The van der Waals surface area contributed by atoms with E-state index in [9.17, 15) is 5.11 Å². The summed E-state index contributed by atoms with van der Waals surface area (Å²) in [6, 6.07) is 20.2. The first-order valence-electron chi connectivity index (χ1n) is 10.2. The number of benzene rings is 3. The first-order valence-corrected chi connectivity index (χ1v) is 10.6. The Morgan fingerprint density at radius 3 is 2.73 bits per heavy atom. The van der Waals surface area contributed by atoms with Gasteiger partial charge in [0, 0.05) is 28.4 Å². The number of aliphatic imine (C=N–C) groups is 1. The Bertz CT molecular complexity index is 1150. The number of anilines is 1. The average Bonchev–Trinajstić information content (AvgIpc) is 3.25. The van der Waals surface area contributed by atoms with E-state index < -0.39 is 0 Å². The second-order valence-corrected chi connectivity index (χ2v) is 8.56. The van der Waals surface area contributed by atoms with Gasteiger partial charge in [-0.3, -0.25) is 4.99 Å². The number of nitrogens with one attached hydrogen (secondary N) is 1. The molecule has 1 aliphatic carbocycles. The molecule has 1 heterocycles. The van der Waals surface area contributed by atoms with Crippen LogP contribution in [0.5, 0.6) is 5.75 Å². The van der Waals surface area contributed by atoms with Crippen LogP contribution >= 0.6 is 11.6 Å². The van der Waals surface area contributed by atoms with Gasteiger partial charge >= 0.3 is 0 Å². The van der Waals surface area contributed by atoms with E-state index in [1.54, 1.807) is 24.4 Å². The van der Waals surface area contributed by atoms with Gasteiger partial charge in [0.25, 0.3) is 0 Å². The van der Waals surface area contributed by atoms with Crippen molar-refractivity contribution in [2.24, 2.45) is 10.9 Å². The van der Waals surface area contributed by atoms with Crippen molar-refractivity contribution in [1.29, 1.82) is 0 Å². The molecule has 0 amide bonds. The second kappa shape index (κ2) is 7.66. The molecule has 5 rings (SSSR count). The SMILES string of the molecule is Cc1ccc2c(c1)[C@@H]1C=CC[C@@H]1[C@H](c1ccc(N=Cc3cc(Cl)ccc3O)cc1)N2. The molecule has 0 unspecified atom stereocenters. The van der Waals surface area contributed by atoms with Crippen LogP contribution < -0.4 is 5.32 Å². The van der Waals surface area contributed by atoms with Crippen LogP contribution in [0.2, 0.25) is 5.02 Å². The fraction of sp³-hybridized carbons (Fsp3) is 0.192. The third-order valence-corrected chi connectivity index (χ3v) is 6.35. The highest BCUT2D eigenvalue weighted by Gasteiger charge is 2.37. The Kier molecular flexibility index (Phi) is 4.84. The van der Waals surface area contributed by atoms with Crippen LogP contribution in [-0.2, 0) is 0 Å². The number of phenolic OH excluding ortho intramolecular Hbond substituents is 1. The molecule has 0 saturated carbocycles. The molecule has 0 radical (unpaired) electrons. The van der Waals surface area contributed by atoms with Gasteiger partial charge in [-0.15, -0.1) is 0 Å². The van der Waals surface area contributed by atoms with Crippen LogP contribution in [0, 0.1) is 12.8 Å². The van der Waals surface area contributed by atoms with Gasteiger partial charge in [-0.1, -0.05) is 53.6 Å². The zero-order valence-electron chi connectivity index (χ0n) is 16.7. The molecule has 0 bridgehead atoms. The van der Waals surface area contributed by atoms with Crippen molar-refractivity contribution in [3.05, 3.63) is 100 Å². The average molecular weight is 415 g/mol. The van der Waals surface area contributed by atoms with E-state index in [0.717, 1.165) is 12.1 Å². The molecule has 2 N–H and O–H groups in total. The van der Waals surface area contributed by atoms with E-state index in [1.165, 1.54) is 22.4 Å². The monoisotopic (exact) mass is 414 g/mol. The third-order valence-electron chi connectivity index (χ3n) is 6.11. The normalized spacial score (nSPS) is 22.0. The van der Waals surface area contributed by atoms with E-state index >= 15 is 0 Å². The molecule has 30 heavy (non-hydrogen) atoms. The highest BCUT2D eigenvalue weighted by Crippen LogP contribution is 2.50. The molecule has 1 aliphatic heterocycles. The quantitative estimate of drug-likeness (QED) is 0.360. The fourth-order valence-electron chi connectivity index (χ4n) is 4.58. The number of halogens is 1. The van der Waals surface area contributed by atoms with Crippen LogP contribution in [0.15, 0.2) is 77.8 Å². The molecule has 3 atom stereocenters. The number of allylic oxidation sites excluding steroid dienone is 2. The lowest BCUT2D eigenvalue weighted by atomic mass is 9.76. The number of phenols is 1. The number of rotatable bonds is 3. The Hall–Kier alpha value is -3.04. The van der Waals surface area contributed by atoms with Crippen molar-refractivity contribution in [3.63, 3.8) is 0 Å². The predicted molar refractivity (Wildman–Crippen MR) is 124 cm³/mol. The lowest BCUT2D eigenvalue weighted by Crippen LogP contribution is -2.29. The zero-order chi connectivity index (χ0) is 20.7. The maximum Gasteiger partial charge on any atom is 0.124 e. The molecule has 0 aromatic heterocycles. The summed E-state index contributed by atoms with van der Waals surface area (Å²) in [5, 5.41) is 14.3. The molecule has 2 aliphatic rings. The van der Waals surface area contributed by atoms with E-state index in [-0.39, 0.29) is 11.8 Å². The summed E-state index contributed by atoms with van der Waals surface area (Å²) in [7, 11) is 0. The largest absolute Gasteiger partial charge is 0.507 e. The lowest BCUT2D eigenvalue weighted by Gasteiger charge is -2.37. The zero-order valence-corrected chi connectivity index (χ0v) is 17.5. The summed E-state index contributed by atoms with van der Waals surface area (Å²) >= 11 is 6.01. The maximum absolute atomic E-state index is 9.95. The van der Waals surface area contributed by atoms with Crippen molar-refractivity contribution in [2.45, 2.75) is 25.3 Å². The van der Waals surface area contributed by atoms with Gasteiger partial charge in [-0.25, -0.2) is 0 Å². The predicted octanol–water partition coefficient (Wildman–Crippen LogP) is 6.93. The minimum atomic E-state index is 0.167. The summed E-state index contributed by atoms with van der Waals surface area (Å²) in [5.41, 5.74) is 6.66. The van der Waals surface area contributed by atoms with Gasteiger partial charge in [0.2, 0.25) is 0 Å². The highest BCUT2D eigenvalue weighted by molar-refractivity contribution is 6.30. The fourth-order valence-corrected chi connectivity index (χ4v) is 4.76. The van der Waals surface area contributed by atoms with Gasteiger partial charge in [0.05, 0.1) is 11.7 Å². The molecule has 0 saturated heterocycles. The van der Waals surface area contributed by atoms with Gasteiger partial charge < -0.3 is 10.4 Å². The van der Waals surface area contributed by atoms with Crippen LogP contribution in [0.3, 0.4) is 0 Å². The van der Waals surface area contributed by atoms with Crippen molar-refractivity contribution < 1.29 is 5.11 Å². The van der Waals surface area contributed by atoms with Crippen LogP contribution in [0.25, 0.3) is 0 Å². The van der Waals surface area contributed by atoms with Crippen molar-refractivity contribution >= 4 is 29.2 Å². The molecule has 4 heteroatoms. The van der Waals surface area contributed by atoms with E-state index in [2.05, 4.69) is 59.7 Å². The Labute approximate surface area is 181 Å². The van der Waals surface area contributed by atoms with Crippen LogP contribution in [0.4, 0.5) is 11.4 Å². The standard InChI is InChI=1S/C26H23ClN2O/c1-16-5-11-24-23(13-16)21-3-2-4-22(21)26(29-24)17-6-9-20(10-7-17)28-15-18-14-19(27)8-12-25(18)30/h2-3,5-15,21-22,26,29-30H,4H2,1H3/t21-,22+,26+/m1/s1. The van der Waals surface area contributed by atoms with E-state index in [0.29, 0.717) is 22.4 Å². The first-order chi connectivity index (χ1) is 14.6. The highest BCUT2D eigenvalue weighted by atomic mass is 35.5. The summed E-state index contributed by atoms with van der Waals surface area (Å²) in [5.74, 6) is 1.16. The number of hydrogen-bond donors (Lipinski definition) is 2. The molecular formula is C26H23ClN2O. The topological polar surface area (TPSA) is 44.6 Å². The minimum absolute atomic E-state index is 0.167. The molecule has 3 aromatic rings. The van der Waals surface area contributed by atoms with Gasteiger partial charge in [0.15, 0.2) is 0 Å². The molecule has 0 spiro atoms. The number of aromatic hydroxyl groups is 1. The molecular weight excluding hydrogens is 392 g/mol. The summed E-state index contributed by atoms with van der Waals surface area (Å²) in [4.78, 5) is 4.50. The van der Waals surface area contributed by atoms with E-state index in [1.807, 2.05) is 12.1 Å². The van der Waals surface area contributed by atoms with Gasteiger partial charge in [0.1, 0.15) is 5.75 Å². The van der Waals surface area contributed by atoms with Gasteiger partial charge in [-0.2, -0.15) is 0 Å². The number of aryl methyl sites for hydroxylation is 1. The first kappa shape index (κ1) is 19.0. The maximum atomic E-state index is 9.95. The van der Waals surface area contributed by atoms with Crippen LogP contribution in [0.1, 0.15) is 40.6 Å². The summed E-state index contributed by atoms with van der Waals surface area (Å²) < 4.78 is 0. The Balaban J connectivity index is 1.40. The third kappa shape index (κ3) is 3.50. The lowest BCUT2D eigenvalue weighted by molar-refractivity contribution is 0.425. The molecule has 3 aromatic carbocycles. The Morgan fingerprint density at radius 2 is 1.90 bits per heavy atom. The van der Waals surface area contributed by atoms with Gasteiger partial charge in [-0.05, 0) is 66.8 Å². The molecule has 3 nitrogen and oxygen atoms in total. The summed E-state index contributed by atoms with van der Waals surface area (Å²) in [6.45, 7) is 2.16. The van der Waals surface area contributed by atoms with Crippen molar-refractivity contribution in [2.75, 3.05) is 5.32 Å². The minimum Gasteiger partial charge on any atom is -0.507 e. The van der Waals surface area contributed by atoms with Crippen LogP contribution in [-0.4, -0.2) is 11.3 Å². The smallest absolute Gasteiger partial charge is 0.124 e. The number of hydrogen-bond acceptors (Lipinski definition) is 3. The van der Waals surface area contributed by atoms with Crippen molar-refractivity contribution in [3.8, 4) is 5.75 Å². The summed E-state index contributed by atoms with van der Waals surface area (Å²) in [6.07, 6.45) is 7.42. The second-order valence-electron chi connectivity index (χ2n) is 8.12. The van der Waals surface area contributed by atoms with Crippen molar-refractivity contribution in [1.82, 2.24) is 0 Å². The Morgan fingerprint density at radius 1 is 1.07 bits per heavy atom.